The van der Waals surface area contributed by atoms with Crippen LogP contribution in [-0.2, 0) is 6.42 Å². The summed E-state index contributed by atoms with van der Waals surface area (Å²) in [5.74, 6) is 0.918. The molecule has 2 rings (SSSR count). The standard InChI is InChI=1S/C12H15F2NO/c1-8-2-3-9(4-10-6-15-7-10)5-11(8)16-12(13)14/h2-3,5,10,12,15H,4,6-7H2,1H3. The second kappa shape index (κ2) is 4.78. The molecule has 1 aromatic carbocycles. The lowest BCUT2D eigenvalue weighted by molar-refractivity contribution is -0.0503. The minimum atomic E-state index is -2.75. The molecule has 1 heterocycles. The van der Waals surface area contributed by atoms with Crippen molar-refractivity contribution in [1.82, 2.24) is 5.32 Å². The molecule has 16 heavy (non-hydrogen) atoms. The normalized spacial score (nSPS) is 16.2. The van der Waals surface area contributed by atoms with Gasteiger partial charge in [-0.1, -0.05) is 12.1 Å². The van der Waals surface area contributed by atoms with Gasteiger partial charge >= 0.3 is 6.61 Å². The lowest BCUT2D eigenvalue weighted by Crippen LogP contribution is -2.43. The lowest BCUT2D eigenvalue weighted by Gasteiger charge is -2.27. The Kier molecular flexibility index (Phi) is 3.39. The van der Waals surface area contributed by atoms with E-state index in [-0.39, 0.29) is 0 Å². The number of rotatable bonds is 4. The van der Waals surface area contributed by atoms with E-state index in [9.17, 15) is 8.78 Å². The first-order valence-corrected chi connectivity index (χ1v) is 5.40. The average molecular weight is 227 g/mol. The van der Waals surface area contributed by atoms with E-state index in [0.717, 1.165) is 30.6 Å². The molecule has 0 bridgehead atoms. The van der Waals surface area contributed by atoms with Crippen molar-refractivity contribution >= 4 is 0 Å². The van der Waals surface area contributed by atoms with Gasteiger partial charge in [0, 0.05) is 0 Å². The Balaban J connectivity index is 2.07. The molecule has 1 aliphatic rings. The molecule has 0 amide bonds. The maximum absolute atomic E-state index is 12.1. The van der Waals surface area contributed by atoms with Gasteiger partial charge in [0.05, 0.1) is 0 Å². The Morgan fingerprint density at radius 1 is 1.44 bits per heavy atom. The lowest BCUT2D eigenvalue weighted by atomic mass is 9.94. The highest BCUT2D eigenvalue weighted by molar-refractivity contribution is 5.37. The minimum absolute atomic E-state index is 0.291. The van der Waals surface area contributed by atoms with Gasteiger partial charge < -0.3 is 10.1 Å². The molecule has 0 atom stereocenters. The molecule has 4 heteroatoms. The first kappa shape index (κ1) is 11.3. The molecule has 0 radical (unpaired) electrons. The summed E-state index contributed by atoms with van der Waals surface area (Å²) in [6, 6.07) is 5.53. The maximum Gasteiger partial charge on any atom is 0.387 e. The van der Waals surface area contributed by atoms with Gasteiger partial charge in [-0.3, -0.25) is 0 Å². The van der Waals surface area contributed by atoms with E-state index in [0.29, 0.717) is 11.7 Å². The van der Waals surface area contributed by atoms with E-state index in [1.165, 1.54) is 0 Å². The molecule has 0 aliphatic carbocycles. The van der Waals surface area contributed by atoms with Crippen molar-refractivity contribution in [1.29, 1.82) is 0 Å². The van der Waals surface area contributed by atoms with Gasteiger partial charge in [0.25, 0.3) is 0 Å². The molecule has 0 spiro atoms. The third-order valence-corrected chi connectivity index (χ3v) is 2.86. The summed E-state index contributed by atoms with van der Waals surface area (Å²) in [6.45, 7) is 1.05. The number of nitrogens with one attached hydrogen (secondary N) is 1. The molecule has 1 aliphatic heterocycles. The van der Waals surface area contributed by atoms with Crippen LogP contribution in [0.5, 0.6) is 5.75 Å². The molecular formula is C12H15F2NO. The van der Waals surface area contributed by atoms with Crippen molar-refractivity contribution in [2.24, 2.45) is 5.92 Å². The highest BCUT2D eigenvalue weighted by Crippen LogP contribution is 2.23. The highest BCUT2D eigenvalue weighted by Gasteiger charge is 2.17. The predicted molar refractivity (Wildman–Crippen MR) is 57.9 cm³/mol. The molecule has 0 saturated carbocycles. The largest absolute Gasteiger partial charge is 0.435 e. The quantitative estimate of drug-likeness (QED) is 0.852. The van der Waals surface area contributed by atoms with E-state index >= 15 is 0 Å². The van der Waals surface area contributed by atoms with Gasteiger partial charge in [-0.05, 0) is 49.5 Å². The smallest absolute Gasteiger partial charge is 0.387 e. The Labute approximate surface area is 93.6 Å². The Morgan fingerprint density at radius 3 is 2.75 bits per heavy atom. The van der Waals surface area contributed by atoms with Crippen molar-refractivity contribution in [2.75, 3.05) is 13.1 Å². The molecule has 88 valence electrons. The van der Waals surface area contributed by atoms with Gasteiger partial charge in [0.15, 0.2) is 0 Å². The number of alkyl halides is 2. The van der Waals surface area contributed by atoms with Crippen LogP contribution in [0, 0.1) is 12.8 Å². The molecule has 1 N–H and O–H groups in total. The van der Waals surface area contributed by atoms with Crippen LogP contribution in [0.3, 0.4) is 0 Å². The van der Waals surface area contributed by atoms with Crippen LogP contribution in [0.25, 0.3) is 0 Å². The van der Waals surface area contributed by atoms with E-state index in [2.05, 4.69) is 10.1 Å². The van der Waals surface area contributed by atoms with Crippen molar-refractivity contribution in [2.45, 2.75) is 20.0 Å². The summed E-state index contributed by atoms with van der Waals surface area (Å²) in [6.07, 6.45) is 0.923. The molecule has 1 saturated heterocycles. The molecule has 1 aromatic rings. The Morgan fingerprint density at radius 2 is 2.19 bits per heavy atom. The minimum Gasteiger partial charge on any atom is -0.435 e. The van der Waals surface area contributed by atoms with Crippen LogP contribution in [0.4, 0.5) is 8.78 Å². The number of hydrogen-bond donors (Lipinski definition) is 1. The van der Waals surface area contributed by atoms with Gasteiger partial charge in [-0.2, -0.15) is 8.78 Å². The summed E-state index contributed by atoms with van der Waals surface area (Å²) < 4.78 is 28.7. The zero-order valence-corrected chi connectivity index (χ0v) is 9.17. The second-order valence-electron chi connectivity index (χ2n) is 4.21. The predicted octanol–water partition coefficient (Wildman–Crippen LogP) is 2.36. The molecule has 0 aromatic heterocycles. The van der Waals surface area contributed by atoms with Crippen LogP contribution in [0.15, 0.2) is 18.2 Å². The number of aryl methyl sites for hydroxylation is 1. The zero-order chi connectivity index (χ0) is 11.5. The molecular weight excluding hydrogens is 212 g/mol. The topological polar surface area (TPSA) is 21.3 Å². The van der Waals surface area contributed by atoms with Crippen LogP contribution in [0.1, 0.15) is 11.1 Å². The number of halogens is 2. The second-order valence-corrected chi connectivity index (χ2v) is 4.21. The first-order valence-electron chi connectivity index (χ1n) is 5.40. The summed E-state index contributed by atoms with van der Waals surface area (Å²) >= 11 is 0. The third kappa shape index (κ3) is 2.70. The summed E-state index contributed by atoms with van der Waals surface area (Å²) in [5, 5.41) is 3.19. The van der Waals surface area contributed by atoms with Crippen LogP contribution >= 0.6 is 0 Å². The Hall–Kier alpha value is -1.16. The third-order valence-electron chi connectivity index (χ3n) is 2.86. The molecule has 2 nitrogen and oxygen atoms in total. The SMILES string of the molecule is Cc1ccc(CC2CNC2)cc1OC(F)F. The fraction of sp³-hybridized carbons (Fsp3) is 0.500. The van der Waals surface area contributed by atoms with Gasteiger partial charge in [0.1, 0.15) is 5.75 Å². The van der Waals surface area contributed by atoms with Crippen molar-refractivity contribution in [3.63, 3.8) is 0 Å². The zero-order valence-electron chi connectivity index (χ0n) is 9.17. The fourth-order valence-electron chi connectivity index (χ4n) is 1.82. The number of benzene rings is 1. The highest BCUT2D eigenvalue weighted by atomic mass is 19.3. The van der Waals surface area contributed by atoms with E-state index in [1.54, 1.807) is 13.0 Å². The summed E-state index contributed by atoms with van der Waals surface area (Å²) in [7, 11) is 0. The molecule has 1 fully saturated rings. The van der Waals surface area contributed by atoms with E-state index < -0.39 is 6.61 Å². The van der Waals surface area contributed by atoms with Crippen LogP contribution < -0.4 is 10.1 Å². The summed E-state index contributed by atoms with van der Waals surface area (Å²) in [5.41, 5.74) is 1.81. The number of ether oxygens (including phenoxy) is 1. The van der Waals surface area contributed by atoms with Crippen molar-refractivity contribution in [3.8, 4) is 5.75 Å². The fourth-order valence-corrected chi connectivity index (χ4v) is 1.82. The average Bonchev–Trinajstić information content (AvgIpc) is 2.15. The van der Waals surface area contributed by atoms with Gasteiger partial charge in [-0.25, -0.2) is 0 Å². The maximum atomic E-state index is 12.1. The van der Waals surface area contributed by atoms with E-state index in [4.69, 9.17) is 0 Å². The van der Waals surface area contributed by atoms with Crippen LogP contribution in [0.2, 0.25) is 0 Å². The van der Waals surface area contributed by atoms with E-state index in [1.807, 2.05) is 12.1 Å². The number of hydrogen-bond acceptors (Lipinski definition) is 2. The monoisotopic (exact) mass is 227 g/mol. The van der Waals surface area contributed by atoms with Gasteiger partial charge in [-0.15, -0.1) is 0 Å². The molecule has 0 unspecified atom stereocenters. The van der Waals surface area contributed by atoms with Crippen LogP contribution in [-0.4, -0.2) is 19.7 Å². The van der Waals surface area contributed by atoms with Gasteiger partial charge in [0.2, 0.25) is 0 Å². The Bertz CT molecular complexity index is 364. The first-order chi connectivity index (χ1) is 7.65. The summed E-state index contributed by atoms with van der Waals surface area (Å²) in [4.78, 5) is 0. The van der Waals surface area contributed by atoms with Crippen molar-refractivity contribution in [3.05, 3.63) is 29.3 Å². The van der Waals surface area contributed by atoms with Crippen molar-refractivity contribution < 1.29 is 13.5 Å².